The number of hydrogen-bond donors (Lipinski definition) is 3. The number of amides is 2. The van der Waals surface area contributed by atoms with Crippen LogP contribution in [0.25, 0.3) is 0 Å². The molecule has 2 aliphatic heterocycles. The lowest BCUT2D eigenvalue weighted by Gasteiger charge is -2.23. The smallest absolute Gasteiger partial charge is 0.407 e. The molecule has 2 saturated heterocycles. The number of fused-ring (bicyclic) bond motifs is 2. The number of esters is 1. The molecule has 0 spiro atoms. The molecule has 8 atom stereocenters. The van der Waals surface area contributed by atoms with Gasteiger partial charge < -0.3 is 53.6 Å². The fourth-order valence-corrected chi connectivity index (χ4v) is 6.54. The highest BCUT2D eigenvalue weighted by Crippen LogP contribution is 2.40. The minimum atomic E-state index is -0.796. The molecule has 2 aliphatic carbocycles. The first-order valence-corrected chi connectivity index (χ1v) is 16.9. The molecule has 3 N–H and O–H groups in total. The Morgan fingerprint density at radius 3 is 1.68 bits per heavy atom. The molecule has 6 rings (SSSR count). The molecule has 2 amide bonds. The second-order valence-corrected chi connectivity index (χ2v) is 13.4. The maximum absolute atomic E-state index is 12.2. The molecule has 4 aliphatic rings. The molecule has 0 unspecified atom stereocenters. The summed E-state index contributed by atoms with van der Waals surface area (Å²) in [4.78, 5) is 35.7. The molecule has 14 heteroatoms. The number of benzene rings is 2. The Bertz CT molecular complexity index is 1420. The first kappa shape index (κ1) is 37.5. The van der Waals surface area contributed by atoms with Crippen LogP contribution in [0.5, 0.6) is 0 Å². The predicted octanol–water partition coefficient (Wildman–Crippen LogP) is 3.72. The van der Waals surface area contributed by atoms with Gasteiger partial charge in [0.2, 0.25) is 0 Å². The van der Waals surface area contributed by atoms with E-state index in [0.29, 0.717) is 19.4 Å². The third-order valence-corrected chi connectivity index (χ3v) is 8.60. The number of rotatable bonds is 10. The Hall–Kier alpha value is -3.79. The summed E-state index contributed by atoms with van der Waals surface area (Å²) in [5, 5.41) is 15.6. The summed E-state index contributed by atoms with van der Waals surface area (Å²) in [5.74, 6) is -1.98. The summed E-state index contributed by atoms with van der Waals surface area (Å²) in [7, 11) is 0. The molecule has 2 aromatic rings. The van der Waals surface area contributed by atoms with Gasteiger partial charge in [-0.3, -0.25) is 0 Å². The SMILES string of the molecule is CC1(C)O[C@@H]2[C@H](O1)[C@@H](O)C[C@H]2NC(=O)OCc1ccccc1.CCOC(=O)CO[C@H]1C[C@@H](NC(=O)OCc2ccccc2)[C@@H]2OC(C)(C)O[C@@H]21. The Morgan fingerprint density at radius 1 is 0.700 bits per heavy atom. The van der Waals surface area contributed by atoms with Crippen LogP contribution in [-0.2, 0) is 55.9 Å². The molecule has 4 fully saturated rings. The molecule has 0 bridgehead atoms. The lowest BCUT2D eigenvalue weighted by Crippen LogP contribution is -2.43. The second-order valence-electron chi connectivity index (χ2n) is 13.4. The zero-order valence-corrected chi connectivity index (χ0v) is 29.1. The average molecular weight is 701 g/mol. The zero-order chi connectivity index (χ0) is 35.9. The maximum Gasteiger partial charge on any atom is 0.407 e. The highest BCUT2D eigenvalue weighted by atomic mass is 16.8. The van der Waals surface area contributed by atoms with Crippen LogP contribution in [0.2, 0.25) is 0 Å². The van der Waals surface area contributed by atoms with E-state index in [2.05, 4.69) is 10.6 Å². The number of alkyl carbamates (subject to hydrolysis) is 2. The molecule has 2 heterocycles. The average Bonchev–Trinajstić information content (AvgIpc) is 3.76. The van der Waals surface area contributed by atoms with Crippen LogP contribution in [-0.4, -0.2) is 96.8 Å². The first-order chi connectivity index (χ1) is 23.8. The minimum Gasteiger partial charge on any atom is -0.464 e. The van der Waals surface area contributed by atoms with E-state index >= 15 is 0 Å². The molecule has 0 radical (unpaired) electrons. The number of hydrogen-bond acceptors (Lipinski definition) is 12. The summed E-state index contributed by atoms with van der Waals surface area (Å²) in [6.45, 7) is 9.45. The lowest BCUT2D eigenvalue weighted by molar-refractivity contribution is -0.172. The van der Waals surface area contributed by atoms with Gasteiger partial charge in [-0.25, -0.2) is 14.4 Å². The molecule has 0 aromatic heterocycles. The van der Waals surface area contributed by atoms with Crippen molar-refractivity contribution in [2.75, 3.05) is 13.2 Å². The molecule has 14 nitrogen and oxygen atoms in total. The molecule has 274 valence electrons. The first-order valence-electron chi connectivity index (χ1n) is 16.9. The van der Waals surface area contributed by atoms with Crippen LogP contribution in [0.4, 0.5) is 9.59 Å². The van der Waals surface area contributed by atoms with Crippen molar-refractivity contribution in [3.8, 4) is 0 Å². The monoisotopic (exact) mass is 700 g/mol. The van der Waals surface area contributed by atoms with Crippen molar-refractivity contribution < 1.29 is 57.4 Å². The van der Waals surface area contributed by atoms with Gasteiger partial charge in [0.15, 0.2) is 11.6 Å². The standard InChI is InChI=1S/C20H27NO7.C16H21NO5/c1-4-24-16(22)12-25-15-10-14(17-18(15)28-20(2,3)27-17)21-19(23)26-11-13-8-6-5-7-9-13;1-16(2)21-13-11(8-12(18)14(13)22-16)17-15(19)20-9-10-6-4-3-5-7-10/h5-9,14-15,17-18H,4,10-12H2,1-3H3,(H,21,23);3-7,11-14,18H,8-9H2,1-2H3,(H,17,19)/t14-,15+,17+,18-;11-,12+,13+,14-/m11/s1. The van der Waals surface area contributed by atoms with Gasteiger partial charge in [-0.05, 0) is 58.6 Å². The Kier molecular flexibility index (Phi) is 12.4. The van der Waals surface area contributed by atoms with Gasteiger partial charge in [0.1, 0.15) is 44.2 Å². The summed E-state index contributed by atoms with van der Waals surface area (Å²) < 4.78 is 44.4. The van der Waals surface area contributed by atoms with Crippen molar-refractivity contribution in [2.45, 2.75) is 121 Å². The van der Waals surface area contributed by atoms with Gasteiger partial charge in [-0.15, -0.1) is 0 Å². The number of aliphatic hydroxyl groups is 1. The van der Waals surface area contributed by atoms with Crippen molar-refractivity contribution in [1.82, 2.24) is 10.6 Å². The van der Waals surface area contributed by atoms with E-state index in [1.165, 1.54) is 0 Å². The van der Waals surface area contributed by atoms with Crippen molar-refractivity contribution in [3.05, 3.63) is 71.8 Å². The molecular weight excluding hydrogens is 652 g/mol. The fourth-order valence-electron chi connectivity index (χ4n) is 6.54. The number of carbonyl (C=O) groups is 3. The quantitative estimate of drug-likeness (QED) is 0.243. The van der Waals surface area contributed by atoms with E-state index in [4.69, 9.17) is 37.9 Å². The maximum atomic E-state index is 12.2. The molecular formula is C36H48N2O12. The van der Waals surface area contributed by atoms with E-state index in [1.54, 1.807) is 34.6 Å². The normalized spacial score (nSPS) is 29.9. The van der Waals surface area contributed by atoms with E-state index in [-0.39, 0.29) is 50.2 Å². The molecule has 2 saturated carbocycles. The zero-order valence-electron chi connectivity index (χ0n) is 29.1. The van der Waals surface area contributed by atoms with E-state index in [0.717, 1.165) is 11.1 Å². The molecule has 50 heavy (non-hydrogen) atoms. The van der Waals surface area contributed by atoms with E-state index < -0.39 is 48.0 Å². The Labute approximate surface area is 292 Å². The highest BCUT2D eigenvalue weighted by molar-refractivity contribution is 5.70. The van der Waals surface area contributed by atoms with Crippen LogP contribution < -0.4 is 10.6 Å². The van der Waals surface area contributed by atoms with Gasteiger partial charge >= 0.3 is 18.2 Å². The van der Waals surface area contributed by atoms with Gasteiger partial charge in [-0.1, -0.05) is 60.7 Å². The summed E-state index contributed by atoms with van der Waals surface area (Å²) in [6, 6.07) is 18.2. The predicted molar refractivity (Wildman–Crippen MR) is 176 cm³/mol. The van der Waals surface area contributed by atoms with Crippen LogP contribution in [0.15, 0.2) is 60.7 Å². The summed E-state index contributed by atoms with van der Waals surface area (Å²) >= 11 is 0. The van der Waals surface area contributed by atoms with Gasteiger partial charge in [-0.2, -0.15) is 0 Å². The van der Waals surface area contributed by atoms with Crippen molar-refractivity contribution in [1.29, 1.82) is 0 Å². The van der Waals surface area contributed by atoms with Crippen molar-refractivity contribution in [2.24, 2.45) is 0 Å². The van der Waals surface area contributed by atoms with Crippen LogP contribution in [0.1, 0.15) is 58.6 Å². The van der Waals surface area contributed by atoms with E-state index in [1.807, 2.05) is 60.7 Å². The Balaban J connectivity index is 0.000000200. The lowest BCUT2D eigenvalue weighted by atomic mass is 10.2. The van der Waals surface area contributed by atoms with Gasteiger partial charge in [0.25, 0.3) is 0 Å². The third kappa shape index (κ3) is 10.1. The number of ether oxygens (including phenoxy) is 8. The van der Waals surface area contributed by atoms with Crippen LogP contribution >= 0.6 is 0 Å². The Morgan fingerprint density at radius 2 is 1.16 bits per heavy atom. The number of aliphatic hydroxyl groups excluding tert-OH is 1. The summed E-state index contributed by atoms with van der Waals surface area (Å²) in [5.41, 5.74) is 1.82. The van der Waals surface area contributed by atoms with Crippen LogP contribution in [0.3, 0.4) is 0 Å². The largest absolute Gasteiger partial charge is 0.464 e. The van der Waals surface area contributed by atoms with Crippen LogP contribution in [0, 0.1) is 0 Å². The van der Waals surface area contributed by atoms with Crippen molar-refractivity contribution >= 4 is 18.2 Å². The topological polar surface area (TPSA) is 169 Å². The minimum absolute atomic E-state index is 0.170. The van der Waals surface area contributed by atoms with E-state index in [9.17, 15) is 19.5 Å². The third-order valence-electron chi connectivity index (χ3n) is 8.60. The second kappa shape index (κ2) is 16.5. The molecule has 2 aromatic carbocycles. The van der Waals surface area contributed by atoms with Gasteiger partial charge in [0, 0.05) is 0 Å². The van der Waals surface area contributed by atoms with Gasteiger partial charge in [0.05, 0.1) is 30.9 Å². The summed E-state index contributed by atoms with van der Waals surface area (Å²) in [6.07, 6.45) is -2.78. The highest BCUT2D eigenvalue weighted by Gasteiger charge is 2.56. The number of nitrogens with one attached hydrogen (secondary N) is 2. The van der Waals surface area contributed by atoms with Crippen molar-refractivity contribution in [3.63, 3.8) is 0 Å². The fraction of sp³-hybridized carbons (Fsp3) is 0.583. The number of carbonyl (C=O) groups excluding carboxylic acids is 3.